The van der Waals surface area contributed by atoms with Crippen LogP contribution in [0.5, 0.6) is 0 Å². The Balaban J connectivity index is 1.30. The van der Waals surface area contributed by atoms with Crippen molar-refractivity contribution >= 4 is 11.7 Å². The van der Waals surface area contributed by atoms with Crippen molar-refractivity contribution in [3.05, 3.63) is 93.9 Å². The van der Waals surface area contributed by atoms with Crippen LogP contribution in [0.1, 0.15) is 28.9 Å². The van der Waals surface area contributed by atoms with Gasteiger partial charge in [-0.15, -0.1) is 10.2 Å². The number of hydrogen-bond acceptors (Lipinski definition) is 8. The molecule has 3 aromatic heterocycles. The lowest BCUT2D eigenvalue weighted by atomic mass is 10.1. The molecule has 1 N–H and O–H groups in total. The van der Waals surface area contributed by atoms with E-state index in [1.807, 2.05) is 67.6 Å². The van der Waals surface area contributed by atoms with Crippen molar-refractivity contribution in [3.63, 3.8) is 0 Å². The molecule has 11 heteroatoms. The third-order valence-electron chi connectivity index (χ3n) is 6.71. The second kappa shape index (κ2) is 10.2. The zero-order valence-corrected chi connectivity index (χ0v) is 21.5. The minimum Gasteiger partial charge on any atom is -0.445 e. The lowest BCUT2D eigenvalue weighted by Crippen LogP contribution is -2.43. The van der Waals surface area contributed by atoms with Crippen LogP contribution in [0.2, 0.25) is 0 Å². The molecule has 0 radical (unpaired) electrons. The second-order valence-electron chi connectivity index (χ2n) is 9.28. The van der Waals surface area contributed by atoms with Gasteiger partial charge in [0, 0.05) is 17.8 Å². The first-order chi connectivity index (χ1) is 19.0. The summed E-state index contributed by atoms with van der Waals surface area (Å²) in [6.45, 7) is 4.58. The molecule has 0 bridgehead atoms. The molecule has 5 aromatic rings. The average molecular weight is 527 g/mol. The van der Waals surface area contributed by atoms with Crippen LogP contribution < -0.4 is 5.56 Å². The lowest BCUT2D eigenvalue weighted by Gasteiger charge is -2.32. The monoisotopic (exact) mass is 526 g/mol. The van der Waals surface area contributed by atoms with Crippen LogP contribution in [0.15, 0.2) is 69.9 Å². The van der Waals surface area contributed by atoms with E-state index in [1.165, 1.54) is 9.42 Å². The van der Waals surface area contributed by atoms with Crippen molar-refractivity contribution in [2.45, 2.75) is 26.5 Å². The number of aryl methyl sites for hydroxylation is 2. The van der Waals surface area contributed by atoms with Gasteiger partial charge in [-0.05, 0) is 25.0 Å². The molecule has 4 heterocycles. The molecule has 6 rings (SSSR count). The van der Waals surface area contributed by atoms with Gasteiger partial charge in [0.15, 0.2) is 5.65 Å². The van der Waals surface area contributed by atoms with Gasteiger partial charge in [-0.1, -0.05) is 60.7 Å². The number of aromatic amines is 1. The van der Waals surface area contributed by atoms with E-state index in [1.54, 1.807) is 6.92 Å². The van der Waals surface area contributed by atoms with Crippen molar-refractivity contribution in [3.8, 4) is 22.6 Å². The van der Waals surface area contributed by atoms with Crippen molar-refractivity contribution in [2.24, 2.45) is 0 Å². The van der Waals surface area contributed by atoms with Gasteiger partial charge >= 0.3 is 6.09 Å². The van der Waals surface area contributed by atoms with Crippen LogP contribution >= 0.6 is 0 Å². The summed E-state index contributed by atoms with van der Waals surface area (Å²) in [7, 11) is 0. The average Bonchev–Trinajstić information content (AvgIpc) is 3.57. The van der Waals surface area contributed by atoms with Gasteiger partial charge < -0.3 is 13.9 Å². The zero-order chi connectivity index (χ0) is 26.9. The Hall–Kier alpha value is -4.77. The van der Waals surface area contributed by atoms with E-state index in [0.29, 0.717) is 24.5 Å². The number of morpholine rings is 1. The number of nitrogens with one attached hydrogen (secondary N) is 1. The number of H-pyrrole nitrogens is 1. The van der Waals surface area contributed by atoms with Crippen LogP contribution in [-0.2, 0) is 16.1 Å². The first-order valence-corrected chi connectivity index (χ1v) is 12.6. The third-order valence-corrected chi connectivity index (χ3v) is 6.71. The Labute approximate surface area is 223 Å². The molecule has 1 atom stereocenters. The van der Waals surface area contributed by atoms with Gasteiger partial charge in [-0.2, -0.15) is 0 Å². The number of nitrogens with zero attached hydrogens (tertiary/aromatic N) is 5. The number of rotatable bonds is 5. The molecule has 0 aliphatic carbocycles. The SMILES string of the molecule is Cc1nc2c(-c3ccccc3)c(C)[nH]n2c(=O)c1-c1nnc(C2COCCN2C(=O)OCc2ccccc2)o1. The van der Waals surface area contributed by atoms with Crippen molar-refractivity contribution in [2.75, 3.05) is 19.8 Å². The molecular formula is C28H26N6O5. The summed E-state index contributed by atoms with van der Waals surface area (Å²) in [5.41, 5.74) is 4.26. The summed E-state index contributed by atoms with van der Waals surface area (Å²) in [5, 5.41) is 11.4. The molecule has 11 nitrogen and oxygen atoms in total. The molecule has 1 fully saturated rings. The van der Waals surface area contributed by atoms with Crippen molar-refractivity contribution in [1.29, 1.82) is 0 Å². The van der Waals surface area contributed by atoms with E-state index in [-0.39, 0.29) is 36.1 Å². The first-order valence-electron chi connectivity index (χ1n) is 12.6. The molecule has 2 aromatic carbocycles. The number of carbonyl (C=O) groups excluding carboxylic acids is 1. The smallest absolute Gasteiger partial charge is 0.410 e. The van der Waals surface area contributed by atoms with Crippen LogP contribution in [0, 0.1) is 13.8 Å². The molecule has 0 saturated carbocycles. The number of hydrogen-bond donors (Lipinski definition) is 1. The summed E-state index contributed by atoms with van der Waals surface area (Å²) < 4.78 is 18.5. The number of aromatic nitrogens is 5. The maximum Gasteiger partial charge on any atom is 0.410 e. The molecule has 1 aliphatic heterocycles. The van der Waals surface area contributed by atoms with Crippen LogP contribution in [0.25, 0.3) is 28.2 Å². The normalized spacial score (nSPS) is 15.5. The summed E-state index contributed by atoms with van der Waals surface area (Å²) in [6, 6.07) is 18.5. The summed E-state index contributed by atoms with van der Waals surface area (Å²) in [6.07, 6.45) is -0.512. The summed E-state index contributed by atoms with van der Waals surface area (Å²) >= 11 is 0. The van der Waals surface area contributed by atoms with Gasteiger partial charge in [-0.25, -0.2) is 14.3 Å². The largest absolute Gasteiger partial charge is 0.445 e. The van der Waals surface area contributed by atoms with Gasteiger partial charge in [0.25, 0.3) is 11.4 Å². The highest BCUT2D eigenvalue weighted by Crippen LogP contribution is 2.30. The Bertz CT molecular complexity index is 1690. The standard InChI is InChI=1S/C28H26N6O5/c1-17-23(27(35)34-24(29-17)22(18(2)32-34)20-11-7-4-8-12-20)26-31-30-25(39-26)21-16-37-14-13-33(21)28(36)38-15-19-9-5-3-6-10-19/h3-12,21,32H,13-16H2,1-2H3. The van der Waals surface area contributed by atoms with E-state index in [9.17, 15) is 9.59 Å². The maximum atomic E-state index is 13.6. The molecule has 1 amide bonds. The van der Waals surface area contributed by atoms with Crippen molar-refractivity contribution < 1.29 is 18.7 Å². The van der Waals surface area contributed by atoms with Crippen LogP contribution in [-0.4, -0.2) is 55.5 Å². The van der Waals surface area contributed by atoms with E-state index >= 15 is 0 Å². The summed E-state index contributed by atoms with van der Waals surface area (Å²) in [4.78, 5) is 32.7. The molecular weight excluding hydrogens is 500 g/mol. The van der Waals surface area contributed by atoms with E-state index in [4.69, 9.17) is 18.9 Å². The fourth-order valence-corrected chi connectivity index (χ4v) is 4.79. The highest BCUT2D eigenvalue weighted by Gasteiger charge is 2.34. The fraction of sp³-hybridized carbons (Fsp3) is 0.250. The number of fused-ring (bicyclic) bond motifs is 1. The fourth-order valence-electron chi connectivity index (χ4n) is 4.79. The predicted molar refractivity (Wildman–Crippen MR) is 141 cm³/mol. The topological polar surface area (TPSA) is 128 Å². The number of ether oxygens (including phenoxy) is 2. The molecule has 39 heavy (non-hydrogen) atoms. The highest BCUT2D eigenvalue weighted by molar-refractivity contribution is 5.80. The molecule has 198 valence electrons. The van der Waals surface area contributed by atoms with Crippen molar-refractivity contribution in [1.82, 2.24) is 29.7 Å². The Morgan fingerprint density at radius 1 is 1.05 bits per heavy atom. The number of carbonyl (C=O) groups is 1. The highest BCUT2D eigenvalue weighted by atomic mass is 16.6. The second-order valence-corrected chi connectivity index (χ2v) is 9.28. The minimum absolute atomic E-state index is 0.0195. The van der Waals surface area contributed by atoms with Gasteiger partial charge in [0.2, 0.25) is 5.89 Å². The lowest BCUT2D eigenvalue weighted by molar-refractivity contribution is -0.0194. The van der Waals surface area contributed by atoms with Gasteiger partial charge in [-0.3, -0.25) is 14.8 Å². The molecule has 1 saturated heterocycles. The quantitative estimate of drug-likeness (QED) is 0.363. The molecule has 0 spiro atoms. The van der Waals surface area contributed by atoms with E-state index in [2.05, 4.69) is 15.3 Å². The number of benzene rings is 2. The molecule has 1 unspecified atom stereocenters. The van der Waals surface area contributed by atoms with Gasteiger partial charge in [0.1, 0.15) is 18.2 Å². The maximum absolute atomic E-state index is 13.6. The van der Waals surface area contributed by atoms with Gasteiger partial charge in [0.05, 0.1) is 18.9 Å². The number of amides is 1. The Kier molecular flexibility index (Phi) is 6.41. The Morgan fingerprint density at radius 3 is 2.56 bits per heavy atom. The molecule has 1 aliphatic rings. The Morgan fingerprint density at radius 2 is 1.79 bits per heavy atom. The van der Waals surface area contributed by atoms with E-state index in [0.717, 1.165) is 22.4 Å². The first kappa shape index (κ1) is 24.6. The summed E-state index contributed by atoms with van der Waals surface area (Å²) in [5.74, 6) is 0.170. The van der Waals surface area contributed by atoms with Crippen LogP contribution in [0.3, 0.4) is 0 Å². The third kappa shape index (κ3) is 4.57. The van der Waals surface area contributed by atoms with Crippen LogP contribution in [0.4, 0.5) is 4.79 Å². The zero-order valence-electron chi connectivity index (χ0n) is 21.5. The van der Waals surface area contributed by atoms with E-state index < -0.39 is 12.1 Å². The predicted octanol–water partition coefficient (Wildman–Crippen LogP) is 4.07. The minimum atomic E-state index is -0.652.